The number of likely N-dealkylation sites (tertiary alicyclic amines) is 1. The highest BCUT2D eigenvalue weighted by Crippen LogP contribution is 2.27. The number of piperidine rings is 1. The molecule has 3 N–H and O–H groups in total. The summed E-state index contributed by atoms with van der Waals surface area (Å²) in [5, 5.41) is 13.8. The average molecular weight is 418 g/mol. The van der Waals surface area contributed by atoms with Crippen LogP contribution in [0, 0.1) is 0 Å². The summed E-state index contributed by atoms with van der Waals surface area (Å²) < 4.78 is 5.38. The second-order valence-electron chi connectivity index (χ2n) is 7.82. The zero-order valence-electron chi connectivity index (χ0n) is 17.4. The topological polar surface area (TPSA) is 105 Å². The van der Waals surface area contributed by atoms with Crippen molar-refractivity contribution in [2.45, 2.75) is 31.8 Å². The molecule has 0 bridgehead atoms. The molecule has 3 aromatic rings. The Labute approximate surface area is 181 Å². The highest BCUT2D eigenvalue weighted by atomic mass is 16.5. The fraction of sp³-hybridized carbons (Fsp3) is 0.292. The van der Waals surface area contributed by atoms with E-state index in [9.17, 15) is 9.90 Å². The van der Waals surface area contributed by atoms with Crippen LogP contribution in [0.1, 0.15) is 52.9 Å². The third kappa shape index (κ3) is 4.83. The van der Waals surface area contributed by atoms with Crippen LogP contribution < -0.4 is 5.73 Å². The molecule has 160 valence electrons. The zero-order chi connectivity index (χ0) is 21.8. The lowest BCUT2D eigenvalue weighted by molar-refractivity contribution is 0.103. The molecule has 1 aliphatic rings. The molecule has 0 aliphatic carbocycles. The van der Waals surface area contributed by atoms with Gasteiger partial charge >= 0.3 is 0 Å². The summed E-state index contributed by atoms with van der Waals surface area (Å²) >= 11 is 0. The number of aromatic nitrogens is 1. The summed E-state index contributed by atoms with van der Waals surface area (Å²) in [7, 11) is 0. The Bertz CT molecular complexity index is 1070. The second-order valence-corrected chi connectivity index (χ2v) is 7.82. The number of benzene rings is 2. The smallest absolute Gasteiger partial charge is 0.253 e. The van der Waals surface area contributed by atoms with E-state index in [0.29, 0.717) is 54.6 Å². The molecular formula is C24H26N4O3. The fourth-order valence-electron chi connectivity index (χ4n) is 3.69. The van der Waals surface area contributed by atoms with Crippen molar-refractivity contribution in [2.75, 3.05) is 13.1 Å². The van der Waals surface area contributed by atoms with Crippen molar-refractivity contribution in [1.82, 2.24) is 10.1 Å². The largest absolute Gasteiger partial charge is 0.393 e. The van der Waals surface area contributed by atoms with E-state index >= 15 is 0 Å². The number of aliphatic hydroxyl groups is 1. The van der Waals surface area contributed by atoms with Crippen LogP contribution >= 0.6 is 0 Å². The maximum absolute atomic E-state index is 12.8. The minimum atomic E-state index is -0.272. The Kier molecular flexibility index (Phi) is 6.13. The van der Waals surface area contributed by atoms with Crippen LogP contribution in [0.3, 0.4) is 0 Å². The molecule has 7 nitrogen and oxygen atoms in total. The number of aliphatic imine (C=N–C) groups is 1. The van der Waals surface area contributed by atoms with Gasteiger partial charge in [0.25, 0.3) is 5.88 Å². The quantitative estimate of drug-likeness (QED) is 0.373. The number of nitrogens with zero attached hydrogens (tertiary/aromatic N) is 3. The molecule has 1 fully saturated rings. The van der Waals surface area contributed by atoms with Gasteiger partial charge < -0.3 is 20.3 Å². The molecule has 31 heavy (non-hydrogen) atoms. The standard InChI is InChI=1S/C24H26N4O3/c1-16(18-8-5-9-19(14-18)23(30)17-6-3-2-4-7-17)21-15-22(31-27-21)26-24(25)28-12-10-20(29)11-13-28/h2-9,14-16,20,29H,10-13H2,1H3,(H2,25,26). The molecular weight excluding hydrogens is 392 g/mol. The van der Waals surface area contributed by atoms with Gasteiger partial charge in [-0.15, -0.1) is 0 Å². The van der Waals surface area contributed by atoms with E-state index in [4.69, 9.17) is 10.3 Å². The Morgan fingerprint density at radius 3 is 2.58 bits per heavy atom. The lowest BCUT2D eigenvalue weighted by Crippen LogP contribution is -2.43. The van der Waals surface area contributed by atoms with Crippen LogP contribution in [-0.4, -0.2) is 46.1 Å². The summed E-state index contributed by atoms with van der Waals surface area (Å²) in [6, 6.07) is 18.6. The molecule has 1 aromatic heterocycles. The molecule has 0 spiro atoms. The summed E-state index contributed by atoms with van der Waals surface area (Å²) in [5.41, 5.74) is 9.07. The van der Waals surface area contributed by atoms with Crippen molar-refractivity contribution >= 4 is 17.6 Å². The van der Waals surface area contributed by atoms with Crippen molar-refractivity contribution in [3.8, 4) is 0 Å². The number of aliphatic hydroxyl groups excluding tert-OH is 1. The number of nitrogens with two attached hydrogens (primary N) is 1. The molecule has 1 aliphatic heterocycles. The van der Waals surface area contributed by atoms with E-state index in [1.165, 1.54) is 0 Å². The number of hydrogen-bond acceptors (Lipinski definition) is 5. The van der Waals surface area contributed by atoms with Gasteiger partial charge in [0.15, 0.2) is 11.7 Å². The van der Waals surface area contributed by atoms with Crippen LogP contribution in [0.2, 0.25) is 0 Å². The van der Waals surface area contributed by atoms with E-state index in [1.807, 2.05) is 66.4 Å². The molecule has 7 heteroatoms. The minimum absolute atomic E-state index is 0.0143. The van der Waals surface area contributed by atoms with E-state index < -0.39 is 0 Å². The van der Waals surface area contributed by atoms with Crippen LogP contribution in [0.4, 0.5) is 5.88 Å². The predicted octanol–water partition coefficient (Wildman–Crippen LogP) is 3.46. The van der Waals surface area contributed by atoms with Crippen molar-refractivity contribution in [3.63, 3.8) is 0 Å². The first-order valence-electron chi connectivity index (χ1n) is 10.4. The first-order valence-corrected chi connectivity index (χ1v) is 10.4. The van der Waals surface area contributed by atoms with Gasteiger partial charge in [-0.2, -0.15) is 4.99 Å². The Morgan fingerprint density at radius 2 is 1.84 bits per heavy atom. The Hall–Kier alpha value is -3.45. The summed E-state index contributed by atoms with van der Waals surface area (Å²) in [5.74, 6) is 0.599. The summed E-state index contributed by atoms with van der Waals surface area (Å²) in [6.07, 6.45) is 1.08. The van der Waals surface area contributed by atoms with E-state index in [-0.39, 0.29) is 17.8 Å². The van der Waals surface area contributed by atoms with E-state index in [2.05, 4.69) is 10.1 Å². The molecule has 0 amide bonds. The lowest BCUT2D eigenvalue weighted by Gasteiger charge is -2.29. The maximum atomic E-state index is 12.8. The van der Waals surface area contributed by atoms with Gasteiger partial charge in [-0.05, 0) is 24.5 Å². The molecule has 1 atom stereocenters. The molecule has 1 unspecified atom stereocenters. The van der Waals surface area contributed by atoms with Crippen molar-refractivity contribution in [2.24, 2.45) is 10.7 Å². The van der Waals surface area contributed by atoms with Crippen molar-refractivity contribution in [1.29, 1.82) is 0 Å². The first kappa shape index (κ1) is 20.8. The molecule has 1 saturated heterocycles. The lowest BCUT2D eigenvalue weighted by atomic mass is 9.94. The number of rotatable bonds is 5. The molecule has 2 aromatic carbocycles. The molecule has 2 heterocycles. The van der Waals surface area contributed by atoms with Crippen LogP contribution in [0.5, 0.6) is 0 Å². The number of carbonyl (C=O) groups excluding carboxylic acids is 1. The third-order valence-corrected chi connectivity index (χ3v) is 5.66. The normalized spacial score (nSPS) is 16.3. The first-order chi connectivity index (χ1) is 15.0. The molecule has 4 rings (SSSR count). The van der Waals surface area contributed by atoms with Crippen LogP contribution in [0.15, 0.2) is 70.2 Å². The van der Waals surface area contributed by atoms with Crippen molar-refractivity contribution in [3.05, 3.63) is 83.0 Å². The summed E-state index contributed by atoms with van der Waals surface area (Å²) in [6.45, 7) is 3.33. The SMILES string of the molecule is CC(c1cccc(C(=O)c2ccccc2)c1)c1cc(/N=C(\N)N2CCC(O)CC2)on1. The number of ketones is 1. The number of carbonyl (C=O) groups is 1. The predicted molar refractivity (Wildman–Crippen MR) is 118 cm³/mol. The van der Waals surface area contributed by atoms with E-state index in [1.54, 1.807) is 6.07 Å². The Balaban J connectivity index is 1.49. The Morgan fingerprint density at radius 1 is 1.13 bits per heavy atom. The van der Waals surface area contributed by atoms with E-state index in [0.717, 1.165) is 5.56 Å². The molecule has 0 radical (unpaired) electrons. The minimum Gasteiger partial charge on any atom is -0.393 e. The van der Waals surface area contributed by atoms with Gasteiger partial charge in [-0.25, -0.2) is 0 Å². The average Bonchev–Trinajstić information content (AvgIpc) is 3.27. The number of hydrogen-bond donors (Lipinski definition) is 2. The van der Waals surface area contributed by atoms with Crippen LogP contribution in [-0.2, 0) is 0 Å². The van der Waals surface area contributed by atoms with Gasteiger partial charge in [0.1, 0.15) is 0 Å². The second kappa shape index (κ2) is 9.14. The third-order valence-electron chi connectivity index (χ3n) is 5.66. The van der Waals surface area contributed by atoms with Gasteiger partial charge in [-0.3, -0.25) is 4.79 Å². The van der Waals surface area contributed by atoms with Gasteiger partial charge in [0.2, 0.25) is 0 Å². The maximum Gasteiger partial charge on any atom is 0.253 e. The zero-order valence-corrected chi connectivity index (χ0v) is 17.4. The van der Waals surface area contributed by atoms with Crippen LogP contribution in [0.25, 0.3) is 0 Å². The van der Waals surface area contributed by atoms with Crippen molar-refractivity contribution < 1.29 is 14.4 Å². The highest BCUT2D eigenvalue weighted by molar-refractivity contribution is 6.09. The van der Waals surface area contributed by atoms with Gasteiger partial charge in [0.05, 0.1) is 11.8 Å². The fourth-order valence-corrected chi connectivity index (χ4v) is 3.69. The van der Waals surface area contributed by atoms with Gasteiger partial charge in [-0.1, -0.05) is 60.6 Å². The highest BCUT2D eigenvalue weighted by Gasteiger charge is 2.20. The monoisotopic (exact) mass is 418 g/mol. The summed E-state index contributed by atoms with van der Waals surface area (Å²) in [4.78, 5) is 19.0. The number of guanidine groups is 1. The van der Waals surface area contributed by atoms with Gasteiger partial charge in [0, 0.05) is 36.2 Å². The molecule has 0 saturated carbocycles.